The third kappa shape index (κ3) is 2.22. The van der Waals surface area contributed by atoms with Crippen molar-refractivity contribution >= 4 is 11.8 Å². The van der Waals surface area contributed by atoms with Crippen molar-refractivity contribution in [1.29, 1.82) is 0 Å². The van der Waals surface area contributed by atoms with E-state index in [9.17, 15) is 4.79 Å². The SMILES string of the molecule is O=C(O)CNc1cc(C2CC2)ccn1. The number of nitrogens with zero attached hydrogens (tertiary/aromatic N) is 1. The number of anilines is 1. The number of nitrogens with one attached hydrogen (secondary N) is 1. The number of hydrogen-bond acceptors (Lipinski definition) is 3. The quantitative estimate of drug-likeness (QED) is 0.758. The van der Waals surface area contributed by atoms with Crippen LogP contribution in [0.1, 0.15) is 24.3 Å². The molecule has 74 valence electrons. The van der Waals surface area contributed by atoms with Gasteiger partial charge in [0.2, 0.25) is 0 Å². The van der Waals surface area contributed by atoms with Gasteiger partial charge in [-0.05, 0) is 36.5 Å². The first-order valence-electron chi connectivity index (χ1n) is 4.67. The first-order valence-corrected chi connectivity index (χ1v) is 4.67. The molecule has 1 heterocycles. The van der Waals surface area contributed by atoms with Crippen LogP contribution < -0.4 is 5.32 Å². The van der Waals surface area contributed by atoms with Gasteiger partial charge in [-0.3, -0.25) is 4.79 Å². The molecule has 1 saturated carbocycles. The number of aromatic nitrogens is 1. The maximum atomic E-state index is 10.3. The van der Waals surface area contributed by atoms with E-state index in [2.05, 4.69) is 10.3 Å². The molecule has 0 amide bonds. The van der Waals surface area contributed by atoms with Crippen LogP contribution in [0.3, 0.4) is 0 Å². The molecular formula is C10H12N2O2. The molecule has 0 atom stereocenters. The monoisotopic (exact) mass is 192 g/mol. The molecule has 1 aliphatic rings. The van der Waals surface area contributed by atoms with Crippen LogP contribution in [-0.4, -0.2) is 22.6 Å². The average molecular weight is 192 g/mol. The Morgan fingerprint density at radius 3 is 3.07 bits per heavy atom. The Hall–Kier alpha value is -1.58. The molecule has 2 N–H and O–H groups in total. The van der Waals surface area contributed by atoms with Crippen molar-refractivity contribution < 1.29 is 9.90 Å². The Bertz CT molecular complexity index is 348. The molecule has 1 aromatic heterocycles. The second-order valence-electron chi connectivity index (χ2n) is 3.50. The first-order chi connectivity index (χ1) is 6.75. The van der Waals surface area contributed by atoms with Crippen LogP contribution in [0.2, 0.25) is 0 Å². The van der Waals surface area contributed by atoms with Crippen molar-refractivity contribution in [2.75, 3.05) is 11.9 Å². The lowest BCUT2D eigenvalue weighted by molar-refractivity contribution is -0.134. The summed E-state index contributed by atoms with van der Waals surface area (Å²) in [5, 5.41) is 11.2. The van der Waals surface area contributed by atoms with E-state index in [1.54, 1.807) is 6.20 Å². The minimum absolute atomic E-state index is 0.0822. The van der Waals surface area contributed by atoms with Crippen LogP contribution in [0.15, 0.2) is 18.3 Å². The van der Waals surface area contributed by atoms with Gasteiger partial charge in [0.15, 0.2) is 0 Å². The van der Waals surface area contributed by atoms with E-state index >= 15 is 0 Å². The highest BCUT2D eigenvalue weighted by atomic mass is 16.4. The summed E-state index contributed by atoms with van der Waals surface area (Å²) in [4.78, 5) is 14.4. The minimum Gasteiger partial charge on any atom is -0.480 e. The zero-order valence-electron chi connectivity index (χ0n) is 7.73. The molecule has 1 fully saturated rings. The lowest BCUT2D eigenvalue weighted by Gasteiger charge is -2.03. The summed E-state index contributed by atoms with van der Waals surface area (Å²) >= 11 is 0. The lowest BCUT2D eigenvalue weighted by atomic mass is 10.2. The van der Waals surface area contributed by atoms with Gasteiger partial charge in [-0.15, -0.1) is 0 Å². The van der Waals surface area contributed by atoms with E-state index in [0.717, 1.165) is 0 Å². The number of hydrogen-bond donors (Lipinski definition) is 2. The number of carboxylic acids is 1. The second kappa shape index (κ2) is 3.65. The van der Waals surface area contributed by atoms with Crippen LogP contribution in [-0.2, 0) is 4.79 Å². The van der Waals surface area contributed by atoms with Gasteiger partial charge in [0.25, 0.3) is 0 Å². The average Bonchev–Trinajstić information content (AvgIpc) is 2.98. The van der Waals surface area contributed by atoms with Gasteiger partial charge in [-0.2, -0.15) is 0 Å². The molecular weight excluding hydrogens is 180 g/mol. The van der Waals surface area contributed by atoms with Crippen molar-refractivity contribution in [3.63, 3.8) is 0 Å². The van der Waals surface area contributed by atoms with E-state index in [1.807, 2.05) is 12.1 Å². The summed E-state index contributed by atoms with van der Waals surface area (Å²) in [5.74, 6) is 0.448. The summed E-state index contributed by atoms with van der Waals surface area (Å²) < 4.78 is 0. The van der Waals surface area contributed by atoms with E-state index in [1.165, 1.54) is 18.4 Å². The second-order valence-corrected chi connectivity index (χ2v) is 3.50. The van der Waals surface area contributed by atoms with Crippen molar-refractivity contribution in [1.82, 2.24) is 4.98 Å². The molecule has 0 bridgehead atoms. The van der Waals surface area contributed by atoms with Crippen LogP contribution >= 0.6 is 0 Å². The Morgan fingerprint density at radius 1 is 1.64 bits per heavy atom. The number of pyridine rings is 1. The van der Waals surface area contributed by atoms with E-state index < -0.39 is 5.97 Å². The molecule has 14 heavy (non-hydrogen) atoms. The predicted molar refractivity (Wildman–Crippen MR) is 52.3 cm³/mol. The van der Waals surface area contributed by atoms with Crippen LogP contribution in [0.5, 0.6) is 0 Å². The standard InChI is InChI=1S/C10H12N2O2/c13-10(14)6-12-9-5-8(3-4-11-9)7-1-2-7/h3-5,7H,1-2,6H2,(H,11,12)(H,13,14). The zero-order valence-corrected chi connectivity index (χ0v) is 7.73. The molecule has 1 aromatic rings. The summed E-state index contributed by atoms with van der Waals surface area (Å²) in [6, 6.07) is 3.92. The van der Waals surface area contributed by atoms with Gasteiger partial charge in [-0.1, -0.05) is 0 Å². The highest BCUT2D eigenvalue weighted by Crippen LogP contribution is 2.40. The molecule has 0 spiro atoms. The summed E-state index contributed by atoms with van der Waals surface area (Å²) in [6.45, 7) is -0.0822. The molecule has 0 aromatic carbocycles. The van der Waals surface area contributed by atoms with Gasteiger partial charge in [0, 0.05) is 6.20 Å². The van der Waals surface area contributed by atoms with E-state index in [-0.39, 0.29) is 6.54 Å². The van der Waals surface area contributed by atoms with Crippen LogP contribution in [0.4, 0.5) is 5.82 Å². The molecule has 0 radical (unpaired) electrons. The van der Waals surface area contributed by atoms with Crippen molar-refractivity contribution in [3.8, 4) is 0 Å². The molecule has 4 heteroatoms. The number of carbonyl (C=O) groups is 1. The smallest absolute Gasteiger partial charge is 0.322 e. The fraction of sp³-hybridized carbons (Fsp3) is 0.400. The third-order valence-electron chi connectivity index (χ3n) is 2.25. The molecule has 1 aliphatic carbocycles. The maximum absolute atomic E-state index is 10.3. The van der Waals surface area contributed by atoms with Crippen LogP contribution in [0.25, 0.3) is 0 Å². The molecule has 0 aliphatic heterocycles. The van der Waals surface area contributed by atoms with Crippen LogP contribution in [0, 0.1) is 0 Å². The Morgan fingerprint density at radius 2 is 2.43 bits per heavy atom. The minimum atomic E-state index is -0.872. The van der Waals surface area contributed by atoms with Crippen molar-refractivity contribution in [3.05, 3.63) is 23.9 Å². The first kappa shape index (κ1) is 8.99. The topological polar surface area (TPSA) is 62.2 Å². The fourth-order valence-electron chi connectivity index (χ4n) is 1.38. The lowest BCUT2D eigenvalue weighted by Crippen LogP contribution is -2.13. The molecule has 2 rings (SSSR count). The summed E-state index contributed by atoms with van der Waals surface area (Å²) in [5.41, 5.74) is 1.26. The Labute approximate surface area is 82.0 Å². The van der Waals surface area contributed by atoms with Crippen molar-refractivity contribution in [2.24, 2.45) is 0 Å². The summed E-state index contributed by atoms with van der Waals surface area (Å²) in [7, 11) is 0. The Kier molecular flexibility index (Phi) is 2.35. The molecule has 0 saturated heterocycles. The fourth-order valence-corrected chi connectivity index (χ4v) is 1.38. The normalized spacial score (nSPS) is 15.1. The zero-order chi connectivity index (χ0) is 9.97. The predicted octanol–water partition coefficient (Wildman–Crippen LogP) is 1.46. The third-order valence-corrected chi connectivity index (χ3v) is 2.25. The largest absolute Gasteiger partial charge is 0.480 e. The van der Waals surface area contributed by atoms with Gasteiger partial charge in [0.1, 0.15) is 12.4 Å². The highest BCUT2D eigenvalue weighted by Gasteiger charge is 2.23. The van der Waals surface area contributed by atoms with Gasteiger partial charge < -0.3 is 10.4 Å². The van der Waals surface area contributed by atoms with Gasteiger partial charge in [0.05, 0.1) is 0 Å². The van der Waals surface area contributed by atoms with Gasteiger partial charge in [-0.25, -0.2) is 4.98 Å². The van der Waals surface area contributed by atoms with E-state index in [0.29, 0.717) is 11.7 Å². The molecule has 0 unspecified atom stereocenters. The number of aliphatic carboxylic acids is 1. The number of rotatable bonds is 4. The maximum Gasteiger partial charge on any atom is 0.322 e. The van der Waals surface area contributed by atoms with Crippen molar-refractivity contribution in [2.45, 2.75) is 18.8 Å². The van der Waals surface area contributed by atoms with Gasteiger partial charge >= 0.3 is 5.97 Å². The highest BCUT2D eigenvalue weighted by molar-refractivity contribution is 5.72. The Balaban J connectivity index is 2.02. The molecule has 4 nitrogen and oxygen atoms in total. The summed E-state index contributed by atoms with van der Waals surface area (Å²) in [6.07, 6.45) is 4.20. The number of carboxylic acid groups (broad SMARTS) is 1. The van der Waals surface area contributed by atoms with E-state index in [4.69, 9.17) is 5.11 Å².